The van der Waals surface area contributed by atoms with E-state index in [4.69, 9.17) is 4.42 Å². The van der Waals surface area contributed by atoms with Crippen LogP contribution in [0.2, 0.25) is 0 Å². The topological polar surface area (TPSA) is 87.8 Å². The van der Waals surface area contributed by atoms with Crippen molar-refractivity contribution in [2.75, 3.05) is 4.90 Å². The third kappa shape index (κ3) is 1.53. The summed E-state index contributed by atoms with van der Waals surface area (Å²) in [5.74, 6) is -2.19. The molecule has 2 saturated carbocycles. The number of fused-ring (bicyclic) bond motifs is 6. The van der Waals surface area contributed by atoms with Gasteiger partial charge in [-0.3, -0.25) is 9.59 Å². The molecule has 1 N–H and O–H groups in total. The smallest absolute Gasteiger partial charge is 0.374 e. The van der Waals surface area contributed by atoms with Gasteiger partial charge < -0.3 is 9.52 Å². The van der Waals surface area contributed by atoms with Crippen LogP contribution in [0.25, 0.3) is 11.0 Å². The summed E-state index contributed by atoms with van der Waals surface area (Å²) in [7, 11) is 0. The fourth-order valence-corrected chi connectivity index (χ4v) is 5.03. The number of hydrogen-bond acceptors (Lipinski definition) is 4. The minimum atomic E-state index is -1.28. The molecule has 3 fully saturated rings. The quantitative estimate of drug-likeness (QED) is 0.858. The second-order valence-electron chi connectivity index (χ2n) is 6.98. The van der Waals surface area contributed by atoms with Crippen molar-refractivity contribution in [1.29, 1.82) is 0 Å². The number of carbonyl (C=O) groups excluding carboxylic acids is 2. The Bertz CT molecular complexity index is 885. The SMILES string of the molecule is O=C(O)c1oc2ccccc2c1N1C(=O)C2C3CCC(C3)C2C1=O. The van der Waals surface area contributed by atoms with Crippen molar-refractivity contribution >= 4 is 34.4 Å². The fourth-order valence-electron chi connectivity index (χ4n) is 5.03. The van der Waals surface area contributed by atoms with Crippen LogP contribution in [0, 0.1) is 23.7 Å². The summed E-state index contributed by atoms with van der Waals surface area (Å²) >= 11 is 0. The third-order valence-electron chi connectivity index (χ3n) is 5.91. The predicted molar refractivity (Wildman–Crippen MR) is 83.5 cm³/mol. The normalized spacial score (nSPS) is 31.2. The fraction of sp³-hybridized carbons (Fsp3) is 0.389. The van der Waals surface area contributed by atoms with Gasteiger partial charge in [-0.2, -0.15) is 0 Å². The summed E-state index contributed by atoms with van der Waals surface area (Å²) in [4.78, 5) is 38.6. The number of anilines is 1. The maximum atomic E-state index is 13.0. The van der Waals surface area contributed by atoms with Gasteiger partial charge in [0.25, 0.3) is 0 Å². The van der Waals surface area contributed by atoms with Gasteiger partial charge in [0.2, 0.25) is 17.6 Å². The molecule has 1 aromatic heterocycles. The van der Waals surface area contributed by atoms with E-state index in [1.54, 1.807) is 24.3 Å². The van der Waals surface area contributed by atoms with E-state index in [0.717, 1.165) is 24.2 Å². The number of furan rings is 1. The van der Waals surface area contributed by atoms with Crippen LogP contribution in [0.15, 0.2) is 28.7 Å². The summed E-state index contributed by atoms with van der Waals surface area (Å²) in [6, 6.07) is 6.79. The number of nitrogens with zero attached hydrogens (tertiary/aromatic N) is 1. The largest absolute Gasteiger partial charge is 0.475 e. The zero-order valence-electron chi connectivity index (χ0n) is 12.8. The number of rotatable bonds is 2. The molecule has 0 spiro atoms. The molecule has 2 amide bonds. The van der Waals surface area contributed by atoms with Crippen molar-refractivity contribution in [2.24, 2.45) is 23.7 Å². The maximum absolute atomic E-state index is 13.0. The molecule has 4 unspecified atom stereocenters. The van der Waals surface area contributed by atoms with E-state index in [1.807, 2.05) is 0 Å². The van der Waals surface area contributed by atoms with Crippen molar-refractivity contribution < 1.29 is 23.9 Å². The summed E-state index contributed by atoms with van der Waals surface area (Å²) in [5, 5.41) is 9.97. The Morgan fingerprint density at radius 3 is 2.33 bits per heavy atom. The molecule has 4 atom stereocenters. The minimum Gasteiger partial charge on any atom is -0.475 e. The van der Waals surface area contributed by atoms with Gasteiger partial charge in [-0.15, -0.1) is 0 Å². The van der Waals surface area contributed by atoms with Crippen LogP contribution in [0.1, 0.15) is 29.8 Å². The zero-order chi connectivity index (χ0) is 16.6. The third-order valence-corrected chi connectivity index (χ3v) is 5.91. The molecule has 6 nitrogen and oxygen atoms in total. The number of benzene rings is 1. The van der Waals surface area contributed by atoms with Crippen LogP contribution in [-0.4, -0.2) is 22.9 Å². The van der Waals surface area contributed by atoms with Gasteiger partial charge in [0.15, 0.2) is 0 Å². The first kappa shape index (κ1) is 13.8. The van der Waals surface area contributed by atoms with Crippen LogP contribution < -0.4 is 4.90 Å². The molecule has 2 aromatic rings. The van der Waals surface area contributed by atoms with E-state index in [0.29, 0.717) is 11.0 Å². The average molecular weight is 325 g/mol. The Kier molecular flexibility index (Phi) is 2.56. The summed E-state index contributed by atoms with van der Waals surface area (Å²) in [6.45, 7) is 0. The monoisotopic (exact) mass is 325 g/mol. The van der Waals surface area contributed by atoms with Gasteiger partial charge in [-0.05, 0) is 43.2 Å². The Morgan fingerprint density at radius 2 is 1.71 bits per heavy atom. The Labute approximate surface area is 137 Å². The highest BCUT2D eigenvalue weighted by Crippen LogP contribution is 2.57. The Balaban J connectivity index is 1.71. The molecule has 6 heteroatoms. The molecule has 1 aromatic carbocycles. The van der Waals surface area contributed by atoms with E-state index >= 15 is 0 Å². The summed E-state index contributed by atoms with van der Waals surface area (Å²) < 4.78 is 5.42. The number of carbonyl (C=O) groups is 3. The van der Waals surface area contributed by atoms with Gasteiger partial charge in [0.1, 0.15) is 11.3 Å². The summed E-state index contributed by atoms with van der Waals surface area (Å²) in [5.41, 5.74) is 0.465. The number of hydrogen-bond donors (Lipinski definition) is 1. The first-order valence-electron chi connectivity index (χ1n) is 8.20. The zero-order valence-corrected chi connectivity index (χ0v) is 12.8. The van der Waals surface area contributed by atoms with Crippen LogP contribution in [-0.2, 0) is 9.59 Å². The van der Waals surface area contributed by atoms with E-state index in [-0.39, 0.29) is 46.9 Å². The second kappa shape index (κ2) is 4.47. The number of carboxylic acids is 1. The maximum Gasteiger partial charge on any atom is 0.374 e. The molecule has 0 radical (unpaired) electrons. The standard InChI is InChI=1S/C18H15NO5/c20-16-12-8-5-6-9(7-8)13(12)17(21)19(16)14-10-3-1-2-4-11(10)24-15(14)18(22)23/h1-4,8-9,12-13H,5-7H2,(H,22,23). The average Bonchev–Trinajstić information content (AvgIpc) is 3.30. The molecular formula is C18H15NO5. The first-order chi connectivity index (χ1) is 11.6. The molecular weight excluding hydrogens is 310 g/mol. The van der Waals surface area contributed by atoms with Crippen molar-refractivity contribution in [3.8, 4) is 0 Å². The van der Waals surface area contributed by atoms with Gasteiger partial charge in [-0.1, -0.05) is 12.1 Å². The van der Waals surface area contributed by atoms with E-state index in [9.17, 15) is 19.5 Å². The van der Waals surface area contributed by atoms with E-state index in [1.165, 1.54) is 0 Å². The number of aromatic carboxylic acids is 1. The van der Waals surface area contributed by atoms with Gasteiger partial charge in [-0.25, -0.2) is 9.69 Å². The van der Waals surface area contributed by atoms with Crippen LogP contribution in [0.5, 0.6) is 0 Å². The van der Waals surface area contributed by atoms with Crippen molar-refractivity contribution in [2.45, 2.75) is 19.3 Å². The lowest BCUT2D eigenvalue weighted by molar-refractivity contribution is -0.123. The van der Waals surface area contributed by atoms with Crippen LogP contribution in [0.3, 0.4) is 0 Å². The Hall–Kier alpha value is -2.63. The highest BCUT2D eigenvalue weighted by molar-refractivity contribution is 6.27. The molecule has 122 valence electrons. The van der Waals surface area contributed by atoms with Crippen molar-refractivity contribution in [3.05, 3.63) is 30.0 Å². The molecule has 1 aliphatic heterocycles. The lowest BCUT2D eigenvalue weighted by atomic mass is 9.81. The minimum absolute atomic E-state index is 0.0990. The Morgan fingerprint density at radius 1 is 1.08 bits per heavy atom. The van der Waals surface area contributed by atoms with E-state index < -0.39 is 5.97 Å². The molecule has 5 rings (SSSR count). The van der Waals surface area contributed by atoms with E-state index in [2.05, 4.69) is 0 Å². The lowest BCUT2D eigenvalue weighted by Crippen LogP contribution is -2.33. The van der Waals surface area contributed by atoms with Crippen LogP contribution in [0.4, 0.5) is 5.69 Å². The van der Waals surface area contributed by atoms with Gasteiger partial charge in [0, 0.05) is 5.39 Å². The van der Waals surface area contributed by atoms with Crippen molar-refractivity contribution in [1.82, 2.24) is 0 Å². The molecule has 2 aliphatic carbocycles. The first-order valence-corrected chi connectivity index (χ1v) is 8.20. The predicted octanol–water partition coefficient (Wildman–Crippen LogP) is 2.67. The highest BCUT2D eigenvalue weighted by atomic mass is 16.4. The number of imide groups is 1. The molecule has 2 bridgehead atoms. The van der Waals surface area contributed by atoms with Crippen molar-refractivity contribution in [3.63, 3.8) is 0 Å². The number of amides is 2. The summed E-state index contributed by atoms with van der Waals surface area (Å²) in [6.07, 6.45) is 2.91. The molecule has 2 heterocycles. The van der Waals surface area contributed by atoms with Gasteiger partial charge >= 0.3 is 5.97 Å². The lowest BCUT2D eigenvalue weighted by Gasteiger charge is -2.19. The van der Waals surface area contributed by atoms with Gasteiger partial charge in [0.05, 0.1) is 11.8 Å². The molecule has 3 aliphatic rings. The second-order valence-corrected chi connectivity index (χ2v) is 6.98. The van der Waals surface area contributed by atoms with Crippen LogP contribution >= 0.6 is 0 Å². The number of para-hydroxylation sites is 1. The highest BCUT2D eigenvalue weighted by Gasteiger charge is 2.61. The molecule has 24 heavy (non-hydrogen) atoms. The number of carboxylic acid groups (broad SMARTS) is 1. The molecule has 1 saturated heterocycles.